The van der Waals surface area contributed by atoms with Crippen LogP contribution in [0.2, 0.25) is 0 Å². The molecule has 0 amide bonds. The first-order chi connectivity index (χ1) is 6.84. The maximum atomic E-state index is 5.68. The average Bonchev–Trinajstić information content (AvgIpc) is 2.67. The van der Waals surface area contributed by atoms with E-state index in [4.69, 9.17) is 5.73 Å². The molecule has 0 saturated carbocycles. The molecule has 0 bridgehead atoms. The summed E-state index contributed by atoms with van der Waals surface area (Å²) in [7, 11) is 0. The molecule has 1 heterocycles. The van der Waals surface area contributed by atoms with Crippen LogP contribution in [0.1, 0.15) is 5.69 Å². The molecular weight excluding hydrogens is 212 g/mol. The van der Waals surface area contributed by atoms with Crippen molar-refractivity contribution in [3.63, 3.8) is 0 Å². The SMILES string of the molecule is Nc1cccc(SCc2cscn2)c1. The Hall–Kier alpha value is -1.00. The van der Waals surface area contributed by atoms with Crippen molar-refractivity contribution in [3.8, 4) is 0 Å². The zero-order valence-corrected chi connectivity index (χ0v) is 9.15. The van der Waals surface area contributed by atoms with E-state index in [9.17, 15) is 0 Å². The number of benzene rings is 1. The zero-order valence-electron chi connectivity index (χ0n) is 7.51. The van der Waals surface area contributed by atoms with Crippen molar-refractivity contribution in [2.24, 2.45) is 0 Å². The van der Waals surface area contributed by atoms with Gasteiger partial charge in [-0.05, 0) is 18.2 Å². The quantitative estimate of drug-likeness (QED) is 0.641. The highest BCUT2D eigenvalue weighted by molar-refractivity contribution is 7.98. The van der Waals surface area contributed by atoms with E-state index in [1.54, 1.807) is 23.1 Å². The van der Waals surface area contributed by atoms with Gasteiger partial charge in [0.1, 0.15) is 0 Å². The van der Waals surface area contributed by atoms with Crippen LogP contribution in [0.4, 0.5) is 5.69 Å². The third-order valence-corrected chi connectivity index (χ3v) is 3.39. The second-order valence-electron chi connectivity index (χ2n) is 2.84. The van der Waals surface area contributed by atoms with Gasteiger partial charge < -0.3 is 5.73 Å². The zero-order chi connectivity index (χ0) is 9.80. The van der Waals surface area contributed by atoms with Gasteiger partial charge in [0.05, 0.1) is 11.2 Å². The number of nitrogens with two attached hydrogens (primary N) is 1. The van der Waals surface area contributed by atoms with Crippen LogP contribution >= 0.6 is 23.1 Å². The number of anilines is 1. The molecular formula is C10H10N2S2. The molecule has 2 rings (SSSR count). The van der Waals surface area contributed by atoms with E-state index >= 15 is 0 Å². The van der Waals surface area contributed by atoms with Crippen LogP contribution in [0.15, 0.2) is 40.1 Å². The van der Waals surface area contributed by atoms with Gasteiger partial charge >= 0.3 is 0 Å². The first-order valence-corrected chi connectivity index (χ1v) is 6.13. The summed E-state index contributed by atoms with van der Waals surface area (Å²) in [6.45, 7) is 0. The molecule has 0 fully saturated rings. The first kappa shape index (κ1) is 9.55. The molecule has 14 heavy (non-hydrogen) atoms. The second-order valence-corrected chi connectivity index (χ2v) is 4.61. The van der Waals surface area contributed by atoms with E-state index in [0.717, 1.165) is 17.1 Å². The lowest BCUT2D eigenvalue weighted by Gasteiger charge is -2.00. The van der Waals surface area contributed by atoms with Gasteiger partial charge in [-0.3, -0.25) is 0 Å². The topological polar surface area (TPSA) is 38.9 Å². The van der Waals surface area contributed by atoms with Gasteiger partial charge in [-0.25, -0.2) is 4.98 Å². The summed E-state index contributed by atoms with van der Waals surface area (Å²) in [4.78, 5) is 5.41. The second kappa shape index (κ2) is 4.48. The van der Waals surface area contributed by atoms with Crippen LogP contribution in [0, 0.1) is 0 Å². The van der Waals surface area contributed by atoms with Gasteiger partial charge in [-0.2, -0.15) is 0 Å². The van der Waals surface area contributed by atoms with Crippen LogP contribution in [-0.2, 0) is 5.75 Å². The molecule has 0 aliphatic rings. The number of nitrogens with zero attached hydrogens (tertiary/aromatic N) is 1. The van der Waals surface area contributed by atoms with Crippen molar-refractivity contribution in [2.45, 2.75) is 10.6 Å². The highest BCUT2D eigenvalue weighted by Crippen LogP contribution is 2.23. The normalized spacial score (nSPS) is 10.3. The highest BCUT2D eigenvalue weighted by Gasteiger charge is 1.97. The third-order valence-electron chi connectivity index (χ3n) is 1.73. The molecule has 1 aromatic carbocycles. The fourth-order valence-electron chi connectivity index (χ4n) is 1.07. The average molecular weight is 222 g/mol. The number of nitrogen functional groups attached to an aromatic ring is 1. The lowest BCUT2D eigenvalue weighted by Crippen LogP contribution is -1.84. The van der Waals surface area contributed by atoms with Gasteiger partial charge in [-0.1, -0.05) is 6.07 Å². The number of rotatable bonds is 3. The van der Waals surface area contributed by atoms with E-state index in [1.165, 1.54) is 4.90 Å². The Bertz CT molecular complexity index is 398. The summed E-state index contributed by atoms with van der Waals surface area (Å²) in [6, 6.07) is 7.91. The summed E-state index contributed by atoms with van der Waals surface area (Å²) < 4.78 is 0. The Morgan fingerprint density at radius 1 is 1.43 bits per heavy atom. The van der Waals surface area contributed by atoms with Crippen LogP contribution < -0.4 is 5.73 Å². The molecule has 0 aliphatic carbocycles. The molecule has 2 nitrogen and oxygen atoms in total. The van der Waals surface area contributed by atoms with E-state index in [2.05, 4.69) is 16.4 Å². The van der Waals surface area contributed by atoms with Gasteiger partial charge in [-0.15, -0.1) is 23.1 Å². The minimum Gasteiger partial charge on any atom is -0.399 e. The fraction of sp³-hybridized carbons (Fsp3) is 0.100. The van der Waals surface area contributed by atoms with Crippen LogP contribution in [-0.4, -0.2) is 4.98 Å². The number of hydrogen-bond donors (Lipinski definition) is 1. The number of thioether (sulfide) groups is 1. The summed E-state index contributed by atoms with van der Waals surface area (Å²) in [6.07, 6.45) is 0. The van der Waals surface area contributed by atoms with E-state index < -0.39 is 0 Å². The number of thiazole rings is 1. The third kappa shape index (κ3) is 2.49. The molecule has 0 spiro atoms. The maximum Gasteiger partial charge on any atom is 0.0795 e. The smallest absolute Gasteiger partial charge is 0.0795 e. The van der Waals surface area contributed by atoms with Gasteiger partial charge in [0.25, 0.3) is 0 Å². The largest absolute Gasteiger partial charge is 0.399 e. The lowest BCUT2D eigenvalue weighted by molar-refractivity contribution is 1.23. The minimum absolute atomic E-state index is 0.813. The Kier molecular flexibility index (Phi) is 3.06. The van der Waals surface area contributed by atoms with Gasteiger partial charge in [0.2, 0.25) is 0 Å². The van der Waals surface area contributed by atoms with Gasteiger partial charge in [0.15, 0.2) is 0 Å². The monoisotopic (exact) mass is 222 g/mol. The summed E-state index contributed by atoms with van der Waals surface area (Å²) in [5.74, 6) is 0.910. The van der Waals surface area contributed by atoms with Crippen LogP contribution in [0.5, 0.6) is 0 Å². The van der Waals surface area contributed by atoms with Crippen molar-refractivity contribution in [1.29, 1.82) is 0 Å². The molecule has 0 saturated heterocycles. The van der Waals surface area contributed by atoms with Crippen LogP contribution in [0.3, 0.4) is 0 Å². The summed E-state index contributed by atoms with van der Waals surface area (Å²) >= 11 is 3.39. The van der Waals surface area contributed by atoms with Crippen molar-refractivity contribution in [1.82, 2.24) is 4.98 Å². The fourth-order valence-corrected chi connectivity index (χ4v) is 2.60. The first-order valence-electron chi connectivity index (χ1n) is 4.20. The van der Waals surface area contributed by atoms with E-state index in [-0.39, 0.29) is 0 Å². The van der Waals surface area contributed by atoms with Crippen LogP contribution in [0.25, 0.3) is 0 Å². The highest BCUT2D eigenvalue weighted by atomic mass is 32.2. The lowest BCUT2D eigenvalue weighted by atomic mass is 10.3. The van der Waals surface area contributed by atoms with Crippen molar-refractivity contribution in [3.05, 3.63) is 40.8 Å². The molecule has 72 valence electrons. The molecule has 0 aliphatic heterocycles. The standard InChI is InChI=1S/C10H10N2S2/c11-8-2-1-3-10(4-8)14-6-9-5-13-7-12-9/h1-5,7H,6,11H2. The predicted octanol–water partition coefficient (Wildman–Crippen LogP) is 3.02. The molecule has 2 N–H and O–H groups in total. The van der Waals surface area contributed by atoms with Crippen molar-refractivity contribution >= 4 is 28.8 Å². The maximum absolute atomic E-state index is 5.68. The minimum atomic E-state index is 0.813. The predicted molar refractivity (Wildman–Crippen MR) is 62.5 cm³/mol. The van der Waals surface area contributed by atoms with Crippen molar-refractivity contribution in [2.75, 3.05) is 5.73 Å². The summed E-state index contributed by atoms with van der Waals surface area (Å²) in [5, 5.41) is 2.07. The summed E-state index contributed by atoms with van der Waals surface area (Å²) in [5.41, 5.74) is 9.48. The van der Waals surface area contributed by atoms with Gasteiger partial charge in [0, 0.05) is 21.7 Å². The Morgan fingerprint density at radius 3 is 3.07 bits per heavy atom. The Labute approximate surface area is 91.2 Å². The molecule has 4 heteroatoms. The molecule has 0 radical (unpaired) electrons. The van der Waals surface area contributed by atoms with E-state index in [0.29, 0.717) is 0 Å². The molecule has 0 atom stereocenters. The molecule has 1 aromatic heterocycles. The Morgan fingerprint density at radius 2 is 2.36 bits per heavy atom. The molecule has 0 unspecified atom stereocenters. The number of hydrogen-bond acceptors (Lipinski definition) is 4. The molecule has 2 aromatic rings. The van der Waals surface area contributed by atoms with Crippen molar-refractivity contribution < 1.29 is 0 Å². The Balaban J connectivity index is 1.98. The number of aromatic nitrogens is 1. The van der Waals surface area contributed by atoms with E-state index in [1.807, 2.05) is 23.7 Å².